The summed E-state index contributed by atoms with van der Waals surface area (Å²) in [5.74, 6) is 0. The van der Waals surface area contributed by atoms with Crippen LogP contribution in [-0.2, 0) is 22.5 Å². The van der Waals surface area contributed by atoms with Crippen molar-refractivity contribution >= 4 is 16.5 Å². The van der Waals surface area contributed by atoms with Gasteiger partial charge in [-0.3, -0.25) is 9.13 Å². The molecule has 0 saturated carbocycles. The molecule has 0 aliphatic carbocycles. The molecular formula is C2H11Na5O10P2. The Morgan fingerprint density at radius 2 is 0.789 bits per heavy atom. The molecule has 0 bridgehead atoms. The van der Waals surface area contributed by atoms with E-state index in [0.717, 1.165) is 0 Å². The number of hydrogen-bond donors (Lipinski definition) is 0. The standard InChI is InChI=1S/C2H6O5P2.5Na.5H2O/c3-8-5-1-2-6-9(4)7-8;;;;;;;;;;/h8-9H,1-2H2;;;;;;5*1H2/q;5*+1;;;;;/p-5. The Morgan fingerprint density at radius 3 is 1.00 bits per heavy atom. The normalized spacial score (nSPS) is 17.9. The van der Waals surface area contributed by atoms with E-state index >= 15 is 0 Å². The number of rotatable bonds is 0. The molecule has 1 aliphatic rings. The zero-order valence-electron chi connectivity index (χ0n) is 11.7. The van der Waals surface area contributed by atoms with Crippen LogP contribution in [0, 0.1) is 0 Å². The van der Waals surface area contributed by atoms with Gasteiger partial charge in [0.15, 0.2) is 0 Å². The first-order chi connectivity index (χ1) is 4.29. The second-order valence-electron chi connectivity index (χ2n) is 1.30. The first-order valence-corrected chi connectivity index (χ1v) is 4.75. The molecule has 1 heterocycles. The molecule has 1 fully saturated rings. The average Bonchev–Trinajstić information content (AvgIpc) is 1.93. The summed E-state index contributed by atoms with van der Waals surface area (Å²) in [6.07, 6.45) is 0. The van der Waals surface area contributed by atoms with E-state index in [1.165, 1.54) is 0 Å². The van der Waals surface area contributed by atoms with E-state index in [1.54, 1.807) is 0 Å². The maximum atomic E-state index is 10.4. The van der Waals surface area contributed by atoms with Gasteiger partial charge in [0.2, 0.25) is 0 Å². The Kier molecular flexibility index (Phi) is 148. The zero-order chi connectivity index (χ0) is 6.69. The third kappa shape index (κ3) is 39.7. The molecule has 19 heavy (non-hydrogen) atoms. The van der Waals surface area contributed by atoms with Crippen LogP contribution in [0.15, 0.2) is 0 Å². The van der Waals surface area contributed by atoms with Crippen molar-refractivity contribution in [2.75, 3.05) is 13.2 Å². The van der Waals surface area contributed by atoms with Crippen LogP contribution in [0.3, 0.4) is 0 Å². The van der Waals surface area contributed by atoms with Crippen molar-refractivity contribution in [2.45, 2.75) is 0 Å². The van der Waals surface area contributed by atoms with Gasteiger partial charge in [-0.25, -0.2) is 4.31 Å². The largest absolute Gasteiger partial charge is 1.00 e. The summed E-state index contributed by atoms with van der Waals surface area (Å²) < 4.78 is 34.0. The van der Waals surface area contributed by atoms with Crippen molar-refractivity contribution in [2.24, 2.45) is 0 Å². The van der Waals surface area contributed by atoms with E-state index in [-0.39, 0.29) is 188 Å². The summed E-state index contributed by atoms with van der Waals surface area (Å²) in [5, 5.41) is 0. The fourth-order valence-corrected chi connectivity index (χ4v) is 1.89. The molecule has 0 radical (unpaired) electrons. The minimum atomic E-state index is -2.52. The molecule has 1 saturated heterocycles. The monoisotopic (exact) mass is 372 g/mol. The van der Waals surface area contributed by atoms with Crippen LogP contribution in [0.4, 0.5) is 0 Å². The Labute approximate surface area is 223 Å². The molecule has 0 spiro atoms. The topological polar surface area (TPSA) is 212 Å². The minimum Gasteiger partial charge on any atom is -0.870 e. The van der Waals surface area contributed by atoms with Crippen LogP contribution in [0.2, 0.25) is 0 Å². The molecule has 17 heteroatoms. The van der Waals surface area contributed by atoms with E-state index in [9.17, 15) is 9.13 Å². The molecule has 5 N–H and O–H groups in total. The summed E-state index contributed by atoms with van der Waals surface area (Å²) in [5.41, 5.74) is 0. The third-order valence-electron chi connectivity index (χ3n) is 0.690. The molecule has 2 atom stereocenters. The molecule has 2 unspecified atom stereocenters. The van der Waals surface area contributed by atoms with Gasteiger partial charge in [0.1, 0.15) is 0 Å². The van der Waals surface area contributed by atoms with Gasteiger partial charge in [-0.15, -0.1) is 0 Å². The predicted molar refractivity (Wildman–Crippen MR) is 40.7 cm³/mol. The van der Waals surface area contributed by atoms with Crippen LogP contribution < -0.4 is 148 Å². The molecule has 0 aromatic heterocycles. The third-order valence-corrected chi connectivity index (χ3v) is 2.90. The van der Waals surface area contributed by atoms with Gasteiger partial charge in [-0.2, -0.15) is 0 Å². The quantitative estimate of drug-likeness (QED) is 0.289. The van der Waals surface area contributed by atoms with Crippen molar-refractivity contribution < 1.29 is 198 Å². The van der Waals surface area contributed by atoms with E-state index in [1.807, 2.05) is 0 Å². The average molecular weight is 372 g/mol. The van der Waals surface area contributed by atoms with Crippen molar-refractivity contribution in [3.05, 3.63) is 0 Å². The van der Waals surface area contributed by atoms with Crippen molar-refractivity contribution in [1.29, 1.82) is 0 Å². The molecule has 10 nitrogen and oxygen atoms in total. The van der Waals surface area contributed by atoms with Crippen molar-refractivity contribution in [1.82, 2.24) is 0 Å². The fourth-order valence-electron chi connectivity index (χ4n) is 0.377. The molecule has 0 aromatic carbocycles. The van der Waals surface area contributed by atoms with Crippen molar-refractivity contribution in [3.8, 4) is 0 Å². The summed E-state index contributed by atoms with van der Waals surface area (Å²) in [6, 6.07) is 0. The van der Waals surface area contributed by atoms with Crippen LogP contribution in [0.25, 0.3) is 0 Å². The van der Waals surface area contributed by atoms with Gasteiger partial charge < -0.3 is 36.4 Å². The van der Waals surface area contributed by atoms with Crippen molar-refractivity contribution in [3.63, 3.8) is 0 Å². The molecule has 0 aromatic rings. The second-order valence-corrected chi connectivity index (χ2v) is 3.69. The fraction of sp³-hybridized carbons (Fsp3) is 1.00. The van der Waals surface area contributed by atoms with Crippen LogP contribution in [-0.4, -0.2) is 40.6 Å². The van der Waals surface area contributed by atoms with E-state index in [2.05, 4.69) is 13.4 Å². The van der Waals surface area contributed by atoms with Crippen LogP contribution >= 0.6 is 16.5 Å². The van der Waals surface area contributed by atoms with E-state index in [4.69, 9.17) is 0 Å². The van der Waals surface area contributed by atoms with Gasteiger partial charge in [0, 0.05) is 0 Å². The first-order valence-electron chi connectivity index (χ1n) is 2.30. The Hall–Kier alpha value is 5.14. The maximum Gasteiger partial charge on any atom is 1.00 e. The summed E-state index contributed by atoms with van der Waals surface area (Å²) in [6.45, 7) is 0.377. The van der Waals surface area contributed by atoms with Gasteiger partial charge in [0.05, 0.1) is 13.2 Å². The second kappa shape index (κ2) is 43.5. The maximum absolute atomic E-state index is 10.4. The van der Waals surface area contributed by atoms with E-state index in [0.29, 0.717) is 0 Å². The summed E-state index contributed by atoms with van der Waals surface area (Å²) in [7, 11) is -5.04. The summed E-state index contributed by atoms with van der Waals surface area (Å²) >= 11 is 0. The van der Waals surface area contributed by atoms with Gasteiger partial charge in [-0.05, 0) is 0 Å². The summed E-state index contributed by atoms with van der Waals surface area (Å²) in [4.78, 5) is 0. The smallest absolute Gasteiger partial charge is 0.870 e. The van der Waals surface area contributed by atoms with Crippen LogP contribution in [0.1, 0.15) is 0 Å². The van der Waals surface area contributed by atoms with Gasteiger partial charge >= 0.3 is 164 Å². The Bertz CT molecular complexity index is 147. The SMILES string of the molecule is O=[PH]1OCCO[PH](=O)O1.[Na+].[Na+].[Na+].[Na+].[Na+].[OH-].[OH-].[OH-].[OH-].[OH-]. The Balaban J connectivity index is -0.0000000101. The number of hydrogen-bond acceptors (Lipinski definition) is 10. The minimum absolute atomic E-state index is 0. The molecule has 0 amide bonds. The van der Waals surface area contributed by atoms with Gasteiger partial charge in [-0.1, -0.05) is 0 Å². The molecule has 1 rings (SSSR count). The molecular weight excluding hydrogens is 361 g/mol. The van der Waals surface area contributed by atoms with E-state index < -0.39 is 16.5 Å². The predicted octanol–water partition coefficient (Wildman–Crippen LogP) is -15.0. The first kappa shape index (κ1) is 64.6. The van der Waals surface area contributed by atoms with Crippen LogP contribution in [0.5, 0.6) is 0 Å². The van der Waals surface area contributed by atoms with Gasteiger partial charge in [0.25, 0.3) is 0 Å². The Morgan fingerprint density at radius 1 is 0.579 bits per heavy atom. The zero-order valence-corrected chi connectivity index (χ0v) is 23.7. The molecule has 1 aliphatic heterocycles. The molecule has 94 valence electrons.